The van der Waals surface area contributed by atoms with Gasteiger partial charge in [0.2, 0.25) is 0 Å². The number of urea groups is 1. The normalized spacial score (nSPS) is 10.4. The third-order valence-corrected chi connectivity index (χ3v) is 5.73. The highest BCUT2D eigenvalue weighted by atomic mass is 32.1. The van der Waals surface area contributed by atoms with E-state index in [1.807, 2.05) is 17.5 Å². The molecule has 1 aromatic carbocycles. The summed E-state index contributed by atoms with van der Waals surface area (Å²) in [6.07, 6.45) is 0. The van der Waals surface area contributed by atoms with Gasteiger partial charge in [-0.2, -0.15) is 0 Å². The van der Waals surface area contributed by atoms with Gasteiger partial charge in [-0.05, 0) is 42.6 Å². The number of thiazole rings is 1. The molecule has 0 saturated heterocycles. The number of amides is 3. The fraction of sp³-hybridized carbons (Fsp3) is 0.158. The van der Waals surface area contributed by atoms with Crippen molar-refractivity contribution in [2.24, 2.45) is 0 Å². The summed E-state index contributed by atoms with van der Waals surface area (Å²) in [6.45, 7) is 1.33. The first-order valence-electron chi connectivity index (χ1n) is 8.43. The zero-order valence-corrected chi connectivity index (χ0v) is 16.9. The van der Waals surface area contributed by atoms with E-state index in [0.717, 1.165) is 16.2 Å². The molecule has 2 N–H and O–H groups in total. The Morgan fingerprint density at radius 1 is 1.17 bits per heavy atom. The van der Waals surface area contributed by atoms with Gasteiger partial charge in [0.25, 0.3) is 5.91 Å². The van der Waals surface area contributed by atoms with Crippen LogP contribution in [0.1, 0.15) is 20.2 Å². The van der Waals surface area contributed by atoms with Crippen LogP contribution in [0.3, 0.4) is 0 Å². The summed E-state index contributed by atoms with van der Waals surface area (Å²) >= 11 is 2.56. The number of nitrogens with zero attached hydrogens (tertiary/aromatic N) is 1. The number of ether oxygens (including phenoxy) is 1. The molecule has 0 spiro atoms. The standard InChI is InChI=1S/C19H16FN3O4S2/c1-11-16(29-17(22-11)12-4-6-13(20)7-5-12)18(25)27-10-15(24)23-19(26)21-9-14-3-2-8-28-14/h2-8H,9-10H2,1H3,(H2,21,23,24,26). The minimum atomic E-state index is -0.747. The first kappa shape index (κ1) is 20.6. The largest absolute Gasteiger partial charge is 0.451 e. The zero-order valence-electron chi connectivity index (χ0n) is 15.2. The Kier molecular flexibility index (Phi) is 6.68. The molecule has 150 valence electrons. The van der Waals surface area contributed by atoms with Gasteiger partial charge in [0, 0.05) is 10.4 Å². The van der Waals surface area contributed by atoms with Crippen molar-refractivity contribution in [1.82, 2.24) is 15.6 Å². The van der Waals surface area contributed by atoms with Crippen LogP contribution in [0.15, 0.2) is 41.8 Å². The number of nitrogens with one attached hydrogen (secondary N) is 2. The first-order chi connectivity index (χ1) is 13.9. The first-order valence-corrected chi connectivity index (χ1v) is 10.1. The molecule has 29 heavy (non-hydrogen) atoms. The SMILES string of the molecule is Cc1nc(-c2ccc(F)cc2)sc1C(=O)OCC(=O)NC(=O)NCc1cccs1. The number of carbonyl (C=O) groups excluding carboxylic acids is 3. The molecule has 7 nitrogen and oxygen atoms in total. The van der Waals surface area contributed by atoms with Crippen molar-refractivity contribution in [2.45, 2.75) is 13.5 Å². The minimum Gasteiger partial charge on any atom is -0.451 e. The molecule has 10 heteroatoms. The smallest absolute Gasteiger partial charge is 0.350 e. The molecule has 2 heterocycles. The second-order valence-electron chi connectivity index (χ2n) is 5.83. The molecule has 3 amide bonds. The van der Waals surface area contributed by atoms with E-state index >= 15 is 0 Å². The van der Waals surface area contributed by atoms with Crippen molar-refractivity contribution >= 4 is 40.6 Å². The number of aryl methyl sites for hydroxylation is 1. The molecular weight excluding hydrogens is 417 g/mol. The quantitative estimate of drug-likeness (QED) is 0.580. The van der Waals surface area contributed by atoms with Crippen molar-refractivity contribution in [3.63, 3.8) is 0 Å². The molecule has 0 unspecified atom stereocenters. The summed E-state index contributed by atoms with van der Waals surface area (Å²) in [7, 11) is 0. The lowest BCUT2D eigenvalue weighted by Crippen LogP contribution is -2.41. The number of thiophene rings is 1. The lowest BCUT2D eigenvalue weighted by Gasteiger charge is -2.06. The van der Waals surface area contributed by atoms with E-state index in [1.165, 1.54) is 23.5 Å². The molecule has 0 radical (unpaired) electrons. The summed E-state index contributed by atoms with van der Waals surface area (Å²) in [6, 6.07) is 8.76. The topological polar surface area (TPSA) is 97.4 Å². The van der Waals surface area contributed by atoms with Crippen LogP contribution in [-0.4, -0.2) is 29.5 Å². The maximum Gasteiger partial charge on any atom is 0.350 e. The third kappa shape index (κ3) is 5.69. The van der Waals surface area contributed by atoms with Crippen LogP contribution in [0, 0.1) is 12.7 Å². The molecule has 0 saturated carbocycles. The summed E-state index contributed by atoms with van der Waals surface area (Å²) < 4.78 is 18.0. The highest BCUT2D eigenvalue weighted by Gasteiger charge is 2.19. The molecule has 0 aliphatic carbocycles. The van der Waals surface area contributed by atoms with Gasteiger partial charge in [0.1, 0.15) is 15.7 Å². The van der Waals surface area contributed by atoms with E-state index in [2.05, 4.69) is 15.6 Å². The number of hydrogen-bond donors (Lipinski definition) is 2. The number of imide groups is 1. The van der Waals surface area contributed by atoms with Crippen LogP contribution < -0.4 is 10.6 Å². The number of halogens is 1. The average Bonchev–Trinajstić information content (AvgIpc) is 3.35. The second-order valence-corrected chi connectivity index (χ2v) is 7.86. The lowest BCUT2D eigenvalue weighted by atomic mass is 10.2. The van der Waals surface area contributed by atoms with Gasteiger partial charge in [-0.15, -0.1) is 22.7 Å². The van der Waals surface area contributed by atoms with Crippen LogP contribution in [0.5, 0.6) is 0 Å². The van der Waals surface area contributed by atoms with Gasteiger partial charge in [-0.3, -0.25) is 10.1 Å². The predicted molar refractivity (Wildman–Crippen MR) is 107 cm³/mol. The van der Waals surface area contributed by atoms with E-state index in [0.29, 0.717) is 22.8 Å². The Labute approximate surface area is 173 Å². The van der Waals surface area contributed by atoms with Crippen molar-refractivity contribution in [2.75, 3.05) is 6.61 Å². The molecule has 0 aliphatic rings. The zero-order chi connectivity index (χ0) is 20.8. The van der Waals surface area contributed by atoms with E-state index in [4.69, 9.17) is 4.74 Å². The van der Waals surface area contributed by atoms with Crippen molar-refractivity contribution < 1.29 is 23.5 Å². The molecule has 0 aliphatic heterocycles. The maximum absolute atomic E-state index is 13.0. The average molecular weight is 433 g/mol. The molecule has 3 rings (SSSR count). The van der Waals surface area contributed by atoms with Crippen LogP contribution in [-0.2, 0) is 16.1 Å². The summed E-state index contributed by atoms with van der Waals surface area (Å²) in [4.78, 5) is 41.2. The highest BCUT2D eigenvalue weighted by Crippen LogP contribution is 2.28. The van der Waals surface area contributed by atoms with E-state index in [1.54, 1.807) is 19.1 Å². The fourth-order valence-corrected chi connectivity index (χ4v) is 3.90. The maximum atomic E-state index is 13.0. The molecule has 0 atom stereocenters. The number of hydrogen-bond acceptors (Lipinski definition) is 7. The Bertz CT molecular complexity index is 1020. The molecule has 2 aromatic heterocycles. The predicted octanol–water partition coefficient (Wildman–Crippen LogP) is 3.50. The number of benzene rings is 1. The van der Waals surface area contributed by atoms with Crippen LogP contribution in [0.25, 0.3) is 10.6 Å². The number of rotatable bonds is 6. The Morgan fingerprint density at radius 3 is 2.62 bits per heavy atom. The Hall–Kier alpha value is -3.11. The summed E-state index contributed by atoms with van der Waals surface area (Å²) in [5.74, 6) is -1.84. The summed E-state index contributed by atoms with van der Waals surface area (Å²) in [5.41, 5.74) is 1.10. The van der Waals surface area contributed by atoms with Crippen LogP contribution in [0.2, 0.25) is 0 Å². The van der Waals surface area contributed by atoms with Gasteiger partial charge in [-0.1, -0.05) is 6.07 Å². The van der Waals surface area contributed by atoms with Crippen molar-refractivity contribution in [3.8, 4) is 10.6 Å². The Balaban J connectivity index is 1.50. The number of aromatic nitrogens is 1. The fourth-order valence-electron chi connectivity index (χ4n) is 2.29. The van der Waals surface area contributed by atoms with Crippen LogP contribution >= 0.6 is 22.7 Å². The summed E-state index contributed by atoms with van der Waals surface area (Å²) in [5, 5.41) is 7.04. The third-order valence-electron chi connectivity index (χ3n) is 3.66. The van der Waals surface area contributed by atoms with E-state index in [-0.39, 0.29) is 10.7 Å². The van der Waals surface area contributed by atoms with Gasteiger partial charge in [0.05, 0.1) is 12.2 Å². The minimum absolute atomic E-state index is 0.235. The number of carbonyl (C=O) groups is 3. The lowest BCUT2D eigenvalue weighted by molar-refractivity contribution is -0.123. The van der Waals surface area contributed by atoms with Gasteiger partial charge < -0.3 is 10.1 Å². The van der Waals surface area contributed by atoms with Gasteiger partial charge in [0.15, 0.2) is 6.61 Å². The molecule has 3 aromatic rings. The van der Waals surface area contributed by atoms with Crippen molar-refractivity contribution in [3.05, 3.63) is 63.0 Å². The highest BCUT2D eigenvalue weighted by molar-refractivity contribution is 7.17. The molecule has 0 fully saturated rings. The number of esters is 1. The van der Waals surface area contributed by atoms with Gasteiger partial charge >= 0.3 is 12.0 Å². The Morgan fingerprint density at radius 2 is 1.93 bits per heavy atom. The second kappa shape index (κ2) is 9.39. The van der Waals surface area contributed by atoms with E-state index in [9.17, 15) is 18.8 Å². The molecular formula is C19H16FN3O4S2. The van der Waals surface area contributed by atoms with Crippen molar-refractivity contribution in [1.29, 1.82) is 0 Å². The monoisotopic (exact) mass is 433 g/mol. The van der Waals surface area contributed by atoms with Crippen LogP contribution in [0.4, 0.5) is 9.18 Å². The van der Waals surface area contributed by atoms with E-state index < -0.39 is 24.5 Å². The van der Waals surface area contributed by atoms with Gasteiger partial charge in [-0.25, -0.2) is 19.0 Å². The molecule has 0 bridgehead atoms.